The fraction of sp³-hybridized carbons (Fsp3) is 1.00. The van der Waals surface area contributed by atoms with E-state index in [0.29, 0.717) is 5.41 Å². The second-order valence-electron chi connectivity index (χ2n) is 6.53. The van der Waals surface area contributed by atoms with E-state index in [2.05, 4.69) is 13.8 Å². The summed E-state index contributed by atoms with van der Waals surface area (Å²) in [6.07, 6.45) is 6.14. The highest BCUT2D eigenvalue weighted by Gasteiger charge is 2.62. The molecule has 5 atom stereocenters. The average molecular weight is 193 g/mol. The van der Waals surface area contributed by atoms with Crippen molar-refractivity contribution in [2.45, 2.75) is 39.5 Å². The van der Waals surface area contributed by atoms with E-state index in [1.807, 2.05) is 0 Å². The van der Waals surface area contributed by atoms with Gasteiger partial charge < -0.3 is 5.73 Å². The number of hydrogen-bond donors (Lipinski definition) is 1. The summed E-state index contributed by atoms with van der Waals surface area (Å²) in [6.45, 7) is 5.79. The van der Waals surface area contributed by atoms with Gasteiger partial charge in [-0.05, 0) is 60.8 Å². The second kappa shape index (κ2) is 2.75. The van der Waals surface area contributed by atoms with Gasteiger partial charge in [0.25, 0.3) is 0 Å². The molecule has 0 heterocycles. The Balaban J connectivity index is 1.73. The minimum atomic E-state index is 0.573. The Morgan fingerprint density at radius 3 is 2.43 bits per heavy atom. The van der Waals surface area contributed by atoms with Crippen LogP contribution in [0.1, 0.15) is 39.5 Å². The van der Waals surface area contributed by atoms with Gasteiger partial charge in [0.05, 0.1) is 0 Å². The minimum Gasteiger partial charge on any atom is -0.330 e. The van der Waals surface area contributed by atoms with Crippen molar-refractivity contribution in [1.82, 2.24) is 0 Å². The first kappa shape index (κ1) is 9.21. The lowest BCUT2D eigenvalue weighted by Gasteiger charge is -2.23. The molecule has 0 radical (unpaired) electrons. The molecule has 0 aromatic heterocycles. The van der Waals surface area contributed by atoms with Crippen molar-refractivity contribution in [1.29, 1.82) is 0 Å². The third-order valence-corrected chi connectivity index (χ3v) is 5.65. The van der Waals surface area contributed by atoms with Crippen molar-refractivity contribution < 1.29 is 0 Å². The van der Waals surface area contributed by atoms with E-state index in [1.54, 1.807) is 6.42 Å². The van der Waals surface area contributed by atoms with Gasteiger partial charge in [-0.2, -0.15) is 0 Å². The molecule has 3 rings (SSSR count). The third kappa shape index (κ3) is 1.05. The molecule has 3 fully saturated rings. The van der Waals surface area contributed by atoms with Crippen LogP contribution in [0.4, 0.5) is 0 Å². The van der Waals surface area contributed by atoms with Gasteiger partial charge in [0.15, 0.2) is 0 Å². The standard InChI is InChI=1S/C13H23N/c1-13(2)11(7-14)12(13)10-6-8-3-4-9(10)5-8/h8-12H,3-7,14H2,1-2H3/t8?,9?,10?,11-,12-/m0/s1. The average Bonchev–Trinajstić information content (AvgIpc) is 2.61. The Hall–Kier alpha value is -0.0400. The van der Waals surface area contributed by atoms with Crippen molar-refractivity contribution in [3.63, 3.8) is 0 Å². The molecule has 1 nitrogen and oxygen atoms in total. The number of rotatable bonds is 2. The van der Waals surface area contributed by atoms with Crippen LogP contribution in [0, 0.1) is 35.0 Å². The van der Waals surface area contributed by atoms with Crippen LogP contribution in [0.25, 0.3) is 0 Å². The first-order valence-corrected chi connectivity index (χ1v) is 6.34. The lowest BCUT2D eigenvalue weighted by molar-refractivity contribution is 0.265. The maximum Gasteiger partial charge on any atom is -0.00407 e. The van der Waals surface area contributed by atoms with E-state index < -0.39 is 0 Å². The molecular formula is C13H23N. The van der Waals surface area contributed by atoms with Crippen LogP contribution in [0.2, 0.25) is 0 Å². The topological polar surface area (TPSA) is 26.0 Å². The van der Waals surface area contributed by atoms with Gasteiger partial charge in [-0.1, -0.05) is 20.3 Å². The van der Waals surface area contributed by atoms with Crippen molar-refractivity contribution >= 4 is 0 Å². The number of fused-ring (bicyclic) bond motifs is 2. The monoisotopic (exact) mass is 193 g/mol. The zero-order chi connectivity index (χ0) is 9.92. The molecule has 2 N–H and O–H groups in total. The maximum atomic E-state index is 5.87. The molecule has 0 saturated heterocycles. The summed E-state index contributed by atoms with van der Waals surface area (Å²) < 4.78 is 0. The van der Waals surface area contributed by atoms with Crippen LogP contribution in [0.3, 0.4) is 0 Å². The predicted molar refractivity (Wildman–Crippen MR) is 58.8 cm³/mol. The SMILES string of the molecule is CC1(C)[C@@H](CN)[C@@H]1C1CC2CCC1C2. The summed E-state index contributed by atoms with van der Waals surface area (Å²) >= 11 is 0. The van der Waals surface area contributed by atoms with E-state index >= 15 is 0 Å². The molecule has 80 valence electrons. The van der Waals surface area contributed by atoms with E-state index in [-0.39, 0.29) is 0 Å². The van der Waals surface area contributed by atoms with Crippen molar-refractivity contribution in [2.24, 2.45) is 40.7 Å². The molecule has 3 saturated carbocycles. The van der Waals surface area contributed by atoms with Crippen LogP contribution >= 0.6 is 0 Å². The predicted octanol–water partition coefficient (Wildman–Crippen LogP) is 2.65. The normalized spacial score (nSPS) is 53.8. The molecule has 2 bridgehead atoms. The molecule has 0 aromatic carbocycles. The highest BCUT2D eigenvalue weighted by molar-refractivity contribution is 5.11. The van der Waals surface area contributed by atoms with Gasteiger partial charge in [-0.3, -0.25) is 0 Å². The van der Waals surface area contributed by atoms with Crippen LogP contribution in [-0.4, -0.2) is 6.54 Å². The molecular weight excluding hydrogens is 170 g/mol. The molecule has 3 unspecified atom stereocenters. The number of nitrogens with two attached hydrogens (primary N) is 1. The largest absolute Gasteiger partial charge is 0.330 e. The van der Waals surface area contributed by atoms with E-state index in [9.17, 15) is 0 Å². The fourth-order valence-electron chi connectivity index (χ4n) is 4.82. The summed E-state index contributed by atoms with van der Waals surface area (Å²) in [5.41, 5.74) is 6.44. The summed E-state index contributed by atoms with van der Waals surface area (Å²) in [5.74, 6) is 5.05. The summed E-state index contributed by atoms with van der Waals surface area (Å²) in [6, 6.07) is 0. The smallest absolute Gasteiger partial charge is 0.00407 e. The Bertz CT molecular complexity index is 244. The van der Waals surface area contributed by atoms with Crippen LogP contribution in [0.5, 0.6) is 0 Å². The van der Waals surface area contributed by atoms with Gasteiger partial charge in [0, 0.05) is 0 Å². The zero-order valence-electron chi connectivity index (χ0n) is 9.50. The second-order valence-corrected chi connectivity index (χ2v) is 6.53. The van der Waals surface area contributed by atoms with Crippen molar-refractivity contribution in [3.8, 4) is 0 Å². The molecule has 0 aromatic rings. The molecule has 0 amide bonds. The first-order valence-electron chi connectivity index (χ1n) is 6.34. The van der Waals surface area contributed by atoms with E-state index in [0.717, 1.165) is 36.1 Å². The lowest BCUT2D eigenvalue weighted by atomic mass is 9.82. The molecule has 3 aliphatic carbocycles. The third-order valence-electron chi connectivity index (χ3n) is 5.65. The van der Waals surface area contributed by atoms with Gasteiger partial charge in [-0.25, -0.2) is 0 Å². The zero-order valence-corrected chi connectivity index (χ0v) is 9.50. The molecule has 0 spiro atoms. The maximum absolute atomic E-state index is 5.87. The molecule has 0 aliphatic heterocycles. The summed E-state index contributed by atoms with van der Waals surface area (Å²) in [7, 11) is 0. The molecule has 1 heteroatoms. The molecule has 14 heavy (non-hydrogen) atoms. The van der Waals surface area contributed by atoms with Gasteiger partial charge in [-0.15, -0.1) is 0 Å². The minimum absolute atomic E-state index is 0.573. The number of hydrogen-bond acceptors (Lipinski definition) is 1. The lowest BCUT2D eigenvalue weighted by Crippen LogP contribution is -2.16. The highest BCUT2D eigenvalue weighted by Crippen LogP contribution is 2.67. The molecule has 3 aliphatic rings. The quantitative estimate of drug-likeness (QED) is 0.717. The van der Waals surface area contributed by atoms with Gasteiger partial charge in [0.2, 0.25) is 0 Å². The van der Waals surface area contributed by atoms with Crippen LogP contribution in [0.15, 0.2) is 0 Å². The Morgan fingerprint density at radius 1 is 1.21 bits per heavy atom. The van der Waals surface area contributed by atoms with Crippen molar-refractivity contribution in [3.05, 3.63) is 0 Å². The first-order chi connectivity index (χ1) is 6.64. The highest BCUT2D eigenvalue weighted by atomic mass is 14.7. The Morgan fingerprint density at radius 2 is 2.00 bits per heavy atom. The summed E-state index contributed by atoms with van der Waals surface area (Å²) in [5, 5.41) is 0. The van der Waals surface area contributed by atoms with Gasteiger partial charge >= 0.3 is 0 Å². The fourth-order valence-corrected chi connectivity index (χ4v) is 4.82. The van der Waals surface area contributed by atoms with Crippen LogP contribution in [-0.2, 0) is 0 Å². The van der Waals surface area contributed by atoms with Crippen LogP contribution < -0.4 is 5.73 Å². The van der Waals surface area contributed by atoms with Gasteiger partial charge in [0.1, 0.15) is 0 Å². The summed E-state index contributed by atoms with van der Waals surface area (Å²) in [4.78, 5) is 0. The Labute approximate surface area is 87.4 Å². The van der Waals surface area contributed by atoms with Crippen molar-refractivity contribution in [2.75, 3.05) is 6.54 Å². The van der Waals surface area contributed by atoms with E-state index in [1.165, 1.54) is 19.3 Å². The Kier molecular flexibility index (Phi) is 1.81. The van der Waals surface area contributed by atoms with E-state index in [4.69, 9.17) is 5.73 Å².